The number of likely N-dealkylation sites (tertiary alicyclic amines) is 1. The van der Waals surface area contributed by atoms with Crippen molar-refractivity contribution in [1.82, 2.24) is 4.90 Å². The Kier molecular flexibility index (Phi) is 3.63. The number of carboxylic acid groups (broad SMARTS) is 1. The molecule has 0 aromatic heterocycles. The number of carbonyl (C=O) groups is 3. The minimum atomic E-state index is -0.826. The lowest BCUT2D eigenvalue weighted by Crippen LogP contribution is -2.48. The SMILES string of the molecule is NC(=O)C1CCN(C(=O)[C@@H]2[C@@H]3CC[C@@H](C3)[C@@H]2C(=O)O)CC1. The van der Waals surface area contributed by atoms with E-state index in [1.54, 1.807) is 4.90 Å². The third-order valence-electron chi connectivity index (χ3n) is 5.70. The van der Waals surface area contributed by atoms with Crippen molar-refractivity contribution in [3.8, 4) is 0 Å². The average Bonchev–Trinajstić information content (AvgIpc) is 3.07. The molecule has 3 aliphatic rings. The number of fused-ring (bicyclic) bond motifs is 2. The Morgan fingerprint density at radius 2 is 1.52 bits per heavy atom. The van der Waals surface area contributed by atoms with E-state index in [0.717, 1.165) is 19.3 Å². The zero-order valence-electron chi connectivity index (χ0n) is 12.0. The zero-order valence-corrected chi connectivity index (χ0v) is 12.0. The molecule has 1 saturated heterocycles. The van der Waals surface area contributed by atoms with Crippen molar-refractivity contribution in [2.75, 3.05) is 13.1 Å². The second-order valence-corrected chi connectivity index (χ2v) is 6.72. The number of aliphatic carboxylic acids is 1. The van der Waals surface area contributed by atoms with Crippen LogP contribution in [-0.4, -0.2) is 40.9 Å². The molecule has 6 heteroatoms. The normalized spacial score (nSPS) is 35.9. The highest BCUT2D eigenvalue weighted by molar-refractivity contribution is 5.86. The number of primary amides is 1. The number of nitrogens with zero attached hydrogens (tertiary/aromatic N) is 1. The van der Waals surface area contributed by atoms with E-state index in [9.17, 15) is 19.5 Å². The summed E-state index contributed by atoms with van der Waals surface area (Å²) in [6.45, 7) is 1.04. The summed E-state index contributed by atoms with van der Waals surface area (Å²) in [5.41, 5.74) is 5.30. The van der Waals surface area contributed by atoms with Crippen molar-refractivity contribution in [3.05, 3.63) is 0 Å². The number of carboxylic acids is 1. The average molecular weight is 294 g/mol. The van der Waals surface area contributed by atoms with E-state index in [-0.39, 0.29) is 35.5 Å². The lowest BCUT2D eigenvalue weighted by atomic mass is 9.78. The topological polar surface area (TPSA) is 101 Å². The first-order chi connectivity index (χ1) is 9.99. The fourth-order valence-electron chi connectivity index (χ4n) is 4.60. The Labute approximate surface area is 123 Å². The highest BCUT2D eigenvalue weighted by Crippen LogP contribution is 2.53. The molecule has 0 aromatic carbocycles. The van der Waals surface area contributed by atoms with Gasteiger partial charge in [0.05, 0.1) is 11.8 Å². The van der Waals surface area contributed by atoms with Crippen LogP contribution in [-0.2, 0) is 14.4 Å². The highest BCUT2D eigenvalue weighted by Gasteiger charge is 2.54. The molecule has 0 radical (unpaired) electrons. The fraction of sp³-hybridized carbons (Fsp3) is 0.800. The van der Waals surface area contributed by atoms with E-state index < -0.39 is 11.9 Å². The molecule has 2 amide bonds. The maximum Gasteiger partial charge on any atom is 0.307 e. The van der Waals surface area contributed by atoms with Gasteiger partial charge in [-0.25, -0.2) is 0 Å². The van der Waals surface area contributed by atoms with Gasteiger partial charge >= 0.3 is 5.97 Å². The van der Waals surface area contributed by atoms with Crippen LogP contribution in [0.2, 0.25) is 0 Å². The molecule has 6 nitrogen and oxygen atoms in total. The first kappa shape index (κ1) is 14.4. The lowest BCUT2D eigenvalue weighted by molar-refractivity contribution is -0.153. The molecule has 1 aliphatic heterocycles. The highest BCUT2D eigenvalue weighted by atomic mass is 16.4. The van der Waals surface area contributed by atoms with Crippen molar-refractivity contribution in [2.45, 2.75) is 32.1 Å². The van der Waals surface area contributed by atoms with Crippen molar-refractivity contribution in [1.29, 1.82) is 0 Å². The van der Waals surface area contributed by atoms with E-state index >= 15 is 0 Å². The van der Waals surface area contributed by atoms with Crippen LogP contribution in [0, 0.1) is 29.6 Å². The van der Waals surface area contributed by atoms with Gasteiger partial charge in [0.15, 0.2) is 0 Å². The van der Waals surface area contributed by atoms with Crippen molar-refractivity contribution in [2.24, 2.45) is 35.3 Å². The number of piperidine rings is 1. The molecule has 0 unspecified atom stereocenters. The third kappa shape index (κ3) is 2.40. The zero-order chi connectivity index (χ0) is 15.1. The van der Waals surface area contributed by atoms with Gasteiger partial charge in [-0.3, -0.25) is 14.4 Å². The van der Waals surface area contributed by atoms with E-state index in [1.807, 2.05) is 0 Å². The van der Waals surface area contributed by atoms with Gasteiger partial charge < -0.3 is 15.7 Å². The van der Waals surface area contributed by atoms with Crippen LogP contribution in [0.1, 0.15) is 32.1 Å². The molecule has 0 aromatic rings. The predicted octanol–water partition coefficient (Wildman–Crippen LogP) is 0.457. The smallest absolute Gasteiger partial charge is 0.307 e. The van der Waals surface area contributed by atoms with Gasteiger partial charge in [-0.15, -0.1) is 0 Å². The molecule has 3 rings (SSSR count). The van der Waals surface area contributed by atoms with Crippen LogP contribution >= 0.6 is 0 Å². The maximum absolute atomic E-state index is 12.7. The van der Waals surface area contributed by atoms with Crippen LogP contribution in [0.3, 0.4) is 0 Å². The minimum Gasteiger partial charge on any atom is -0.481 e. The summed E-state index contributed by atoms with van der Waals surface area (Å²) in [4.78, 5) is 37.2. The molecule has 2 saturated carbocycles. The van der Waals surface area contributed by atoms with Crippen LogP contribution in [0.4, 0.5) is 0 Å². The van der Waals surface area contributed by atoms with Crippen molar-refractivity contribution >= 4 is 17.8 Å². The number of amides is 2. The lowest BCUT2D eigenvalue weighted by Gasteiger charge is -2.36. The summed E-state index contributed by atoms with van der Waals surface area (Å²) in [7, 11) is 0. The standard InChI is InChI=1S/C15H22N2O4/c16-13(18)8-3-5-17(6-4-8)14(19)11-9-1-2-10(7-9)12(11)15(20)21/h8-12H,1-7H2,(H2,16,18)(H,20,21)/t9-,10+,11-,12+/m1/s1. The Morgan fingerprint density at radius 3 is 2.05 bits per heavy atom. The summed E-state index contributed by atoms with van der Waals surface area (Å²) >= 11 is 0. The second kappa shape index (κ2) is 5.31. The third-order valence-corrected chi connectivity index (χ3v) is 5.70. The number of rotatable bonds is 3. The maximum atomic E-state index is 12.7. The summed E-state index contributed by atoms with van der Waals surface area (Å²) in [6, 6.07) is 0. The first-order valence-corrected chi connectivity index (χ1v) is 7.80. The first-order valence-electron chi connectivity index (χ1n) is 7.80. The van der Waals surface area contributed by atoms with Crippen LogP contribution in [0.5, 0.6) is 0 Å². The van der Waals surface area contributed by atoms with Gasteiger partial charge in [-0.2, -0.15) is 0 Å². The summed E-state index contributed by atoms with van der Waals surface area (Å²) in [6.07, 6.45) is 3.99. The molecule has 3 fully saturated rings. The van der Waals surface area contributed by atoms with E-state index in [1.165, 1.54) is 0 Å². The summed E-state index contributed by atoms with van der Waals surface area (Å²) < 4.78 is 0. The number of hydrogen-bond donors (Lipinski definition) is 2. The van der Waals surface area contributed by atoms with Crippen molar-refractivity contribution < 1.29 is 19.5 Å². The predicted molar refractivity (Wildman–Crippen MR) is 73.9 cm³/mol. The van der Waals surface area contributed by atoms with E-state index in [4.69, 9.17) is 5.73 Å². The van der Waals surface area contributed by atoms with Gasteiger partial charge in [0.1, 0.15) is 0 Å². The minimum absolute atomic E-state index is 0.0162. The molecule has 21 heavy (non-hydrogen) atoms. The molecule has 1 heterocycles. The summed E-state index contributed by atoms with van der Waals surface area (Å²) in [5.74, 6) is -1.75. The summed E-state index contributed by atoms with van der Waals surface area (Å²) in [5, 5.41) is 9.44. The van der Waals surface area contributed by atoms with E-state index in [2.05, 4.69) is 0 Å². The largest absolute Gasteiger partial charge is 0.481 e. The van der Waals surface area contributed by atoms with Gasteiger partial charge in [0.25, 0.3) is 0 Å². The van der Waals surface area contributed by atoms with Gasteiger partial charge in [-0.1, -0.05) is 0 Å². The molecule has 116 valence electrons. The number of carbonyl (C=O) groups excluding carboxylic acids is 2. The van der Waals surface area contributed by atoms with Crippen LogP contribution < -0.4 is 5.73 Å². The number of hydrogen-bond acceptors (Lipinski definition) is 3. The molecule has 2 bridgehead atoms. The Morgan fingerprint density at radius 1 is 0.952 bits per heavy atom. The molecular weight excluding hydrogens is 272 g/mol. The Hall–Kier alpha value is -1.59. The molecule has 3 N–H and O–H groups in total. The second-order valence-electron chi connectivity index (χ2n) is 6.72. The van der Waals surface area contributed by atoms with Crippen LogP contribution in [0.25, 0.3) is 0 Å². The number of nitrogens with two attached hydrogens (primary N) is 1. The monoisotopic (exact) mass is 294 g/mol. The van der Waals surface area contributed by atoms with Gasteiger partial charge in [0, 0.05) is 19.0 Å². The molecular formula is C15H22N2O4. The fourth-order valence-corrected chi connectivity index (χ4v) is 4.60. The van der Waals surface area contributed by atoms with E-state index in [0.29, 0.717) is 25.9 Å². The van der Waals surface area contributed by atoms with Gasteiger partial charge in [0.2, 0.25) is 11.8 Å². The quantitative estimate of drug-likeness (QED) is 0.789. The molecule has 4 atom stereocenters. The molecule has 2 aliphatic carbocycles. The Balaban J connectivity index is 1.68. The van der Waals surface area contributed by atoms with Crippen LogP contribution in [0.15, 0.2) is 0 Å². The van der Waals surface area contributed by atoms with Gasteiger partial charge in [-0.05, 0) is 43.9 Å². The Bertz CT molecular complexity index is 470. The molecule has 0 spiro atoms. The van der Waals surface area contributed by atoms with Crippen molar-refractivity contribution in [3.63, 3.8) is 0 Å².